The van der Waals surface area contributed by atoms with E-state index in [9.17, 15) is 4.79 Å². The third-order valence-electron chi connectivity index (χ3n) is 3.85. The highest BCUT2D eigenvalue weighted by Crippen LogP contribution is 2.34. The second-order valence-electron chi connectivity index (χ2n) is 4.64. The molecule has 0 aliphatic heterocycles. The van der Waals surface area contributed by atoms with Gasteiger partial charge in [0.2, 0.25) is 5.91 Å². The summed E-state index contributed by atoms with van der Waals surface area (Å²) in [4.78, 5) is 13.7. The summed E-state index contributed by atoms with van der Waals surface area (Å²) >= 11 is 0. The van der Waals surface area contributed by atoms with Crippen LogP contribution in [0.3, 0.4) is 0 Å². The molecule has 0 bridgehead atoms. The van der Waals surface area contributed by atoms with Gasteiger partial charge in [-0.2, -0.15) is 0 Å². The second-order valence-corrected chi connectivity index (χ2v) is 4.64. The molecule has 0 unspecified atom stereocenters. The molecule has 1 rings (SSSR count). The lowest BCUT2D eigenvalue weighted by Gasteiger charge is -2.40. The fourth-order valence-electron chi connectivity index (χ4n) is 2.77. The van der Waals surface area contributed by atoms with Crippen molar-refractivity contribution in [3.63, 3.8) is 0 Å². The molecule has 3 N–H and O–H groups in total. The molecule has 4 heteroatoms. The molecule has 1 fully saturated rings. The van der Waals surface area contributed by atoms with Gasteiger partial charge < -0.3 is 11.1 Å². The van der Waals surface area contributed by atoms with E-state index in [1.807, 2.05) is 0 Å². The van der Waals surface area contributed by atoms with Gasteiger partial charge in [-0.25, -0.2) is 0 Å². The molecule has 0 aromatic heterocycles. The molecule has 0 saturated heterocycles. The highest BCUT2D eigenvalue weighted by molar-refractivity contribution is 5.75. The van der Waals surface area contributed by atoms with Gasteiger partial charge in [0.25, 0.3) is 0 Å². The van der Waals surface area contributed by atoms with Crippen molar-refractivity contribution in [2.45, 2.75) is 44.6 Å². The quantitative estimate of drug-likeness (QED) is 0.703. The minimum absolute atomic E-state index is 0.114. The average Bonchev–Trinajstić information content (AvgIpc) is 2.79. The van der Waals surface area contributed by atoms with Crippen LogP contribution in [0.25, 0.3) is 0 Å². The van der Waals surface area contributed by atoms with Crippen molar-refractivity contribution in [2.75, 3.05) is 26.7 Å². The molecule has 0 spiro atoms. The SMILES string of the molecule is CCN(CCC(=O)NC)C1(CN)CCCC1. The van der Waals surface area contributed by atoms with E-state index in [4.69, 9.17) is 5.73 Å². The zero-order valence-electron chi connectivity index (χ0n) is 10.6. The van der Waals surface area contributed by atoms with Gasteiger partial charge in [0.15, 0.2) is 0 Å². The van der Waals surface area contributed by atoms with Gasteiger partial charge in [0.05, 0.1) is 0 Å². The van der Waals surface area contributed by atoms with E-state index in [1.54, 1.807) is 7.05 Å². The van der Waals surface area contributed by atoms with Gasteiger partial charge in [-0.15, -0.1) is 0 Å². The number of nitrogens with one attached hydrogen (secondary N) is 1. The summed E-state index contributed by atoms with van der Waals surface area (Å²) in [6.45, 7) is 4.68. The molecular formula is C12H25N3O. The molecule has 0 heterocycles. The third-order valence-corrected chi connectivity index (χ3v) is 3.85. The van der Waals surface area contributed by atoms with Crippen LogP contribution < -0.4 is 11.1 Å². The molecule has 1 aliphatic carbocycles. The van der Waals surface area contributed by atoms with Crippen LogP contribution in [-0.4, -0.2) is 43.0 Å². The average molecular weight is 227 g/mol. The van der Waals surface area contributed by atoms with Crippen molar-refractivity contribution in [2.24, 2.45) is 5.73 Å². The first-order chi connectivity index (χ1) is 7.68. The minimum atomic E-state index is 0.114. The molecule has 94 valence electrons. The first-order valence-corrected chi connectivity index (χ1v) is 6.34. The number of carbonyl (C=O) groups excluding carboxylic acids is 1. The van der Waals surface area contributed by atoms with Crippen molar-refractivity contribution >= 4 is 5.91 Å². The maximum atomic E-state index is 11.3. The number of carbonyl (C=O) groups is 1. The number of likely N-dealkylation sites (N-methyl/N-ethyl adjacent to an activating group) is 1. The van der Waals surface area contributed by atoms with E-state index < -0.39 is 0 Å². The zero-order valence-corrected chi connectivity index (χ0v) is 10.6. The fourth-order valence-corrected chi connectivity index (χ4v) is 2.77. The molecule has 0 atom stereocenters. The number of rotatable bonds is 6. The first kappa shape index (κ1) is 13.5. The summed E-state index contributed by atoms with van der Waals surface area (Å²) in [5, 5.41) is 2.67. The Hall–Kier alpha value is -0.610. The fraction of sp³-hybridized carbons (Fsp3) is 0.917. The van der Waals surface area contributed by atoms with Gasteiger partial charge in [0, 0.05) is 32.1 Å². The second kappa shape index (κ2) is 6.21. The molecule has 1 saturated carbocycles. The largest absolute Gasteiger partial charge is 0.359 e. The van der Waals surface area contributed by atoms with Gasteiger partial charge in [0.1, 0.15) is 0 Å². The number of hydrogen-bond donors (Lipinski definition) is 2. The number of hydrogen-bond acceptors (Lipinski definition) is 3. The smallest absolute Gasteiger partial charge is 0.221 e. The maximum absolute atomic E-state index is 11.3. The van der Waals surface area contributed by atoms with Crippen LogP contribution >= 0.6 is 0 Å². The van der Waals surface area contributed by atoms with Crippen LogP contribution in [0.5, 0.6) is 0 Å². The normalized spacial score (nSPS) is 19.0. The molecule has 4 nitrogen and oxygen atoms in total. The molecule has 1 aliphatic rings. The summed E-state index contributed by atoms with van der Waals surface area (Å²) in [5.41, 5.74) is 6.11. The lowest BCUT2D eigenvalue weighted by atomic mass is 9.95. The van der Waals surface area contributed by atoms with E-state index in [1.165, 1.54) is 25.7 Å². The summed E-state index contributed by atoms with van der Waals surface area (Å²) in [7, 11) is 1.69. The summed E-state index contributed by atoms with van der Waals surface area (Å²) in [6.07, 6.45) is 5.49. The molecule has 16 heavy (non-hydrogen) atoms. The summed E-state index contributed by atoms with van der Waals surface area (Å²) < 4.78 is 0. The Balaban J connectivity index is 2.54. The Bertz CT molecular complexity index is 224. The summed E-state index contributed by atoms with van der Waals surface area (Å²) in [5.74, 6) is 0.114. The van der Waals surface area contributed by atoms with E-state index >= 15 is 0 Å². The van der Waals surface area contributed by atoms with E-state index in [-0.39, 0.29) is 11.4 Å². The van der Waals surface area contributed by atoms with E-state index in [0.717, 1.165) is 13.1 Å². The Morgan fingerprint density at radius 3 is 2.50 bits per heavy atom. The number of nitrogens with zero attached hydrogens (tertiary/aromatic N) is 1. The van der Waals surface area contributed by atoms with Crippen molar-refractivity contribution in [3.05, 3.63) is 0 Å². The Kier molecular flexibility index (Phi) is 5.22. The van der Waals surface area contributed by atoms with Gasteiger partial charge in [-0.05, 0) is 19.4 Å². The van der Waals surface area contributed by atoms with E-state index in [0.29, 0.717) is 13.0 Å². The third kappa shape index (κ3) is 2.95. The molecule has 0 aromatic rings. The Morgan fingerprint density at radius 1 is 1.44 bits per heavy atom. The van der Waals surface area contributed by atoms with Crippen LogP contribution in [0, 0.1) is 0 Å². The van der Waals surface area contributed by atoms with Crippen LogP contribution in [0.2, 0.25) is 0 Å². The van der Waals surface area contributed by atoms with Gasteiger partial charge in [-0.3, -0.25) is 9.69 Å². The van der Waals surface area contributed by atoms with Crippen LogP contribution in [0.15, 0.2) is 0 Å². The highest BCUT2D eigenvalue weighted by atomic mass is 16.1. The van der Waals surface area contributed by atoms with Crippen molar-refractivity contribution in [1.82, 2.24) is 10.2 Å². The molecule has 0 radical (unpaired) electrons. The first-order valence-electron chi connectivity index (χ1n) is 6.34. The van der Waals surface area contributed by atoms with Crippen LogP contribution in [0.1, 0.15) is 39.0 Å². The Labute approximate surface area is 98.6 Å². The van der Waals surface area contributed by atoms with Crippen molar-refractivity contribution < 1.29 is 4.79 Å². The van der Waals surface area contributed by atoms with Crippen LogP contribution in [0.4, 0.5) is 0 Å². The number of amides is 1. The van der Waals surface area contributed by atoms with E-state index in [2.05, 4.69) is 17.1 Å². The lowest BCUT2D eigenvalue weighted by molar-refractivity contribution is -0.121. The predicted octanol–water partition coefficient (Wildman–Crippen LogP) is 0.716. The lowest BCUT2D eigenvalue weighted by Crippen LogP contribution is -2.52. The van der Waals surface area contributed by atoms with Crippen molar-refractivity contribution in [3.8, 4) is 0 Å². The standard InChI is InChI=1S/C12H25N3O/c1-3-15(9-6-11(16)14-2)12(10-13)7-4-5-8-12/h3-10,13H2,1-2H3,(H,14,16). The minimum Gasteiger partial charge on any atom is -0.359 e. The van der Waals surface area contributed by atoms with Gasteiger partial charge in [-0.1, -0.05) is 19.8 Å². The zero-order chi connectivity index (χ0) is 12.0. The molecule has 1 amide bonds. The molecular weight excluding hydrogens is 202 g/mol. The summed E-state index contributed by atoms with van der Waals surface area (Å²) in [6, 6.07) is 0. The maximum Gasteiger partial charge on any atom is 0.221 e. The predicted molar refractivity (Wildman–Crippen MR) is 66.2 cm³/mol. The monoisotopic (exact) mass is 227 g/mol. The highest BCUT2D eigenvalue weighted by Gasteiger charge is 2.37. The number of nitrogens with two attached hydrogens (primary N) is 1. The van der Waals surface area contributed by atoms with Gasteiger partial charge >= 0.3 is 0 Å². The van der Waals surface area contributed by atoms with Crippen molar-refractivity contribution in [1.29, 1.82) is 0 Å². The van der Waals surface area contributed by atoms with Crippen LogP contribution in [-0.2, 0) is 4.79 Å². The Morgan fingerprint density at radius 2 is 2.06 bits per heavy atom. The topological polar surface area (TPSA) is 58.4 Å². The molecule has 0 aromatic carbocycles.